The van der Waals surface area contributed by atoms with Gasteiger partial charge in [-0.1, -0.05) is 26.5 Å². The highest BCUT2D eigenvalue weighted by atomic mass is 16.3. The second-order valence-electron chi connectivity index (χ2n) is 23.1. The van der Waals surface area contributed by atoms with Crippen molar-refractivity contribution in [3.63, 3.8) is 0 Å². The van der Waals surface area contributed by atoms with Crippen LogP contribution in [-0.2, 0) is 37.8 Å². The minimum Gasteiger partial charge on any atom is -0.392 e. The fraction of sp³-hybridized carbons (Fsp3) is 0.466. The van der Waals surface area contributed by atoms with E-state index in [0.717, 1.165) is 56.7 Å². The summed E-state index contributed by atoms with van der Waals surface area (Å²) in [4.78, 5) is 88.3. The number of benzene rings is 2. The van der Waals surface area contributed by atoms with Crippen LogP contribution in [0.1, 0.15) is 121 Å². The molecule has 398 valence electrons. The van der Waals surface area contributed by atoms with Crippen LogP contribution in [0.25, 0.3) is 11.3 Å². The Morgan fingerprint density at radius 1 is 0.855 bits per heavy atom. The number of fused-ring (bicyclic) bond motifs is 4. The number of piperidine rings is 1. The highest BCUT2D eigenvalue weighted by Crippen LogP contribution is 2.43. The van der Waals surface area contributed by atoms with Gasteiger partial charge in [0.05, 0.1) is 46.1 Å². The van der Waals surface area contributed by atoms with Crippen LogP contribution in [0.5, 0.6) is 0 Å². The number of hydrogen-bond acceptors (Lipinski definition) is 13. The number of carbonyl (C=O) groups is 4. The Hall–Kier alpha value is -7.15. The van der Waals surface area contributed by atoms with Crippen molar-refractivity contribution >= 4 is 58.0 Å². The van der Waals surface area contributed by atoms with Crippen molar-refractivity contribution in [2.24, 2.45) is 12.5 Å². The van der Waals surface area contributed by atoms with Gasteiger partial charge in [0.2, 0.25) is 5.91 Å². The van der Waals surface area contributed by atoms with Crippen LogP contribution < -0.4 is 30.9 Å². The molecule has 1 unspecified atom stereocenters. The van der Waals surface area contributed by atoms with E-state index in [2.05, 4.69) is 69.2 Å². The molecule has 2 saturated heterocycles. The Morgan fingerprint density at radius 3 is 2.37 bits per heavy atom. The molecule has 0 spiro atoms. The van der Waals surface area contributed by atoms with Gasteiger partial charge in [-0.05, 0) is 132 Å². The molecule has 2 aromatic carbocycles. The van der Waals surface area contributed by atoms with Crippen LogP contribution in [0.4, 0.5) is 34.4 Å². The van der Waals surface area contributed by atoms with Crippen LogP contribution in [0, 0.1) is 5.41 Å². The maximum Gasteiger partial charge on any atom is 0.293 e. The first kappa shape index (κ1) is 51.0. The molecule has 4 N–H and O–H groups in total. The lowest BCUT2D eigenvalue weighted by Crippen LogP contribution is -2.58. The number of rotatable bonds is 11. The monoisotopic (exact) mass is 1030 g/mol. The number of aliphatic hydroxyl groups is 2. The Balaban J connectivity index is 0.782. The first-order valence-electron chi connectivity index (χ1n) is 26.9. The second-order valence-corrected chi connectivity index (χ2v) is 23.1. The normalized spacial score (nSPS) is 24.4. The molecule has 0 bridgehead atoms. The van der Waals surface area contributed by atoms with Crippen molar-refractivity contribution in [3.8, 4) is 11.3 Å². The molecule has 7 heterocycles. The number of aryl methyl sites for hydroxylation is 1. The predicted molar refractivity (Wildman–Crippen MR) is 293 cm³/mol. The maximum absolute atomic E-state index is 14.1. The lowest BCUT2D eigenvalue weighted by molar-refractivity contribution is -0.111. The number of aromatic nitrogens is 4. The molecule has 2 aliphatic carbocycles. The average Bonchev–Trinajstić information content (AvgIpc) is 4.05. The molecule has 5 aromatic rings. The van der Waals surface area contributed by atoms with Crippen LogP contribution >= 0.6 is 0 Å². The topological polar surface area (TPSA) is 202 Å². The summed E-state index contributed by atoms with van der Waals surface area (Å²) < 4.78 is 3.56. The maximum atomic E-state index is 14.1. The van der Waals surface area contributed by atoms with Crippen LogP contribution in [-0.4, -0.2) is 125 Å². The molecular weight excluding hydrogens is 963 g/mol. The van der Waals surface area contributed by atoms with Crippen molar-refractivity contribution in [2.45, 2.75) is 129 Å². The van der Waals surface area contributed by atoms with Gasteiger partial charge < -0.3 is 39.8 Å². The molecule has 3 aromatic heterocycles. The molecule has 11 rings (SSSR count). The largest absolute Gasteiger partial charge is 0.392 e. The van der Waals surface area contributed by atoms with Crippen LogP contribution in [0.2, 0.25) is 0 Å². The molecule has 3 fully saturated rings. The van der Waals surface area contributed by atoms with Crippen LogP contribution in [0.15, 0.2) is 78.4 Å². The highest BCUT2D eigenvalue weighted by molar-refractivity contribution is 6.24. The molecule has 3 atom stereocenters. The fourth-order valence-electron chi connectivity index (χ4n) is 13.2. The molecule has 76 heavy (non-hydrogen) atoms. The number of aliphatic hydroxyl groups excluding tert-OH is 1. The SMILES string of the molecule is C=CC(=O)Nc1cc(Nc2nc(-c3ccnc(N4CCn5c(cc6c5CC(C)(C)C6)C4=O)c3CO)cn(C)c2=O)ccc1N1CCN(C2CCN(c3cccc4c3C(=O)N(C3CCC(C)(O)CC3)C4=O)[C@@H](C)C2)C[C@@H]1C. The molecule has 4 amide bonds. The zero-order valence-electron chi connectivity index (χ0n) is 44.4. The van der Waals surface area contributed by atoms with E-state index >= 15 is 0 Å². The van der Waals surface area contributed by atoms with E-state index in [0.29, 0.717) is 102 Å². The molecule has 18 nitrogen and oxygen atoms in total. The first-order chi connectivity index (χ1) is 36.3. The summed E-state index contributed by atoms with van der Waals surface area (Å²) >= 11 is 0. The summed E-state index contributed by atoms with van der Waals surface area (Å²) in [5, 5.41) is 27.7. The Kier molecular flexibility index (Phi) is 13.0. The van der Waals surface area contributed by atoms with Gasteiger partial charge in [-0.15, -0.1) is 0 Å². The summed E-state index contributed by atoms with van der Waals surface area (Å²) in [6.07, 6.45) is 10.3. The number of nitrogens with one attached hydrogen (secondary N) is 2. The molecule has 18 heteroatoms. The van der Waals surface area contributed by atoms with Gasteiger partial charge in [-0.3, -0.25) is 38.7 Å². The van der Waals surface area contributed by atoms with Gasteiger partial charge in [0.1, 0.15) is 11.5 Å². The van der Waals surface area contributed by atoms with Crippen LogP contribution in [0.3, 0.4) is 0 Å². The molecule has 0 radical (unpaired) electrons. The van der Waals surface area contributed by atoms with E-state index in [1.165, 1.54) is 26.8 Å². The van der Waals surface area contributed by atoms with Crippen molar-refractivity contribution in [1.29, 1.82) is 0 Å². The van der Waals surface area contributed by atoms with E-state index in [-0.39, 0.29) is 53.0 Å². The van der Waals surface area contributed by atoms with Gasteiger partial charge in [0.15, 0.2) is 5.82 Å². The number of anilines is 6. The number of hydrogen-bond donors (Lipinski definition) is 4. The van der Waals surface area contributed by atoms with Gasteiger partial charge in [-0.25, -0.2) is 9.97 Å². The van der Waals surface area contributed by atoms with E-state index in [4.69, 9.17) is 4.98 Å². The van der Waals surface area contributed by atoms with Crippen molar-refractivity contribution in [2.75, 3.05) is 58.1 Å². The lowest BCUT2D eigenvalue weighted by Gasteiger charge is -2.48. The zero-order valence-corrected chi connectivity index (χ0v) is 44.4. The standard InChI is InChI=1S/C58H69N11O7/c1-8-49(71)61-43-28-37(60-51-56(75)63(7)32-44(62-51)40-16-20-59-52(42(40)33-70)68-25-24-67-47(54(68)73)27-36-29-57(4,5)30-48(36)67)12-13-45(43)66-23-22-64(31-35(66)3)39-17-21-65(34(2)26-39)46-11-9-10-41-50(46)55(74)69(53(41)72)38-14-18-58(6,76)19-15-38/h8-13,16,20,27-28,32,34-35,38-39,70,76H,1,14-15,17-19,21-26,29-31,33H2,2-7H3,(H,60,62)(H,61,71)/t34-,35-,38?,39?,58?/m0/s1. The third-order valence-electron chi connectivity index (χ3n) is 17.1. The number of pyridine rings is 1. The minimum atomic E-state index is -0.771. The highest BCUT2D eigenvalue weighted by Gasteiger charge is 2.46. The number of imide groups is 1. The molecule has 1 saturated carbocycles. The molecular formula is C58H69N11O7. The first-order valence-corrected chi connectivity index (χ1v) is 26.9. The third-order valence-corrected chi connectivity index (χ3v) is 17.1. The van der Waals surface area contributed by atoms with E-state index in [9.17, 15) is 34.2 Å². The Labute approximate surface area is 443 Å². The summed E-state index contributed by atoms with van der Waals surface area (Å²) in [6, 6.07) is 15.2. The lowest BCUT2D eigenvalue weighted by atomic mass is 9.83. The van der Waals surface area contributed by atoms with E-state index < -0.39 is 17.8 Å². The third kappa shape index (κ3) is 9.06. The van der Waals surface area contributed by atoms with E-state index in [1.807, 2.05) is 37.3 Å². The number of amides is 4. The quantitative estimate of drug-likeness (QED) is 0.0811. The van der Waals surface area contributed by atoms with Crippen molar-refractivity contribution < 1.29 is 29.4 Å². The molecule has 4 aliphatic heterocycles. The van der Waals surface area contributed by atoms with Gasteiger partial charge in [0.25, 0.3) is 23.3 Å². The average molecular weight is 1030 g/mol. The smallest absolute Gasteiger partial charge is 0.293 e. The molecule has 6 aliphatic rings. The van der Waals surface area contributed by atoms with Crippen molar-refractivity contribution in [3.05, 3.63) is 118 Å². The minimum absolute atomic E-state index is 0.0248. The Morgan fingerprint density at radius 2 is 1.63 bits per heavy atom. The van der Waals surface area contributed by atoms with Gasteiger partial charge in [-0.2, -0.15) is 0 Å². The summed E-state index contributed by atoms with van der Waals surface area (Å²) in [5.74, 6) is -0.651. The van der Waals surface area contributed by atoms with E-state index in [1.54, 1.807) is 42.5 Å². The zero-order chi connectivity index (χ0) is 53.5. The number of piperazine rings is 1. The second kappa shape index (κ2) is 19.5. The van der Waals surface area contributed by atoms with Gasteiger partial charge in [0, 0.05) is 105 Å². The predicted octanol–water partition coefficient (Wildman–Crippen LogP) is 6.65. The summed E-state index contributed by atoms with van der Waals surface area (Å²) in [7, 11) is 1.63. The fourth-order valence-corrected chi connectivity index (χ4v) is 13.2. The van der Waals surface area contributed by atoms with Gasteiger partial charge >= 0.3 is 0 Å². The number of nitrogens with zero attached hydrogens (tertiary/aromatic N) is 9. The Bertz CT molecular complexity index is 3260. The summed E-state index contributed by atoms with van der Waals surface area (Å²) in [5.41, 5.74) is 7.02. The number of carbonyl (C=O) groups excluding carboxylic acids is 4. The van der Waals surface area contributed by atoms with Crippen molar-refractivity contribution in [1.82, 2.24) is 28.9 Å². The summed E-state index contributed by atoms with van der Waals surface area (Å²) in [6.45, 7) is 18.0.